The number of aryl methyl sites for hydroxylation is 1. The minimum atomic E-state index is -0.702. The Morgan fingerprint density at radius 3 is 2.94 bits per heavy atom. The normalized spacial score (nSPS) is 13.2. The highest BCUT2D eigenvalue weighted by molar-refractivity contribution is 7.84. The van der Waals surface area contributed by atoms with E-state index in [4.69, 9.17) is 0 Å². The quantitative estimate of drug-likeness (QED) is 0.766. The molecule has 0 spiro atoms. The average Bonchev–Trinajstić information content (AvgIpc) is 2.73. The van der Waals surface area contributed by atoms with Gasteiger partial charge in [0.05, 0.1) is 12.0 Å². The van der Waals surface area contributed by atoms with Crippen molar-refractivity contribution in [2.24, 2.45) is 5.92 Å². The van der Waals surface area contributed by atoms with Gasteiger partial charge in [-0.1, -0.05) is 20.8 Å². The molecule has 98 valence electrons. The van der Waals surface area contributed by atoms with Crippen molar-refractivity contribution in [3.63, 3.8) is 0 Å². The first kappa shape index (κ1) is 14.4. The second-order valence-corrected chi connectivity index (χ2v) is 6.40. The second kappa shape index (κ2) is 7.61. The molecule has 1 aromatic heterocycles. The molecule has 1 atom stereocenters. The minimum Gasteiger partial charge on any atom is -0.332 e. The van der Waals surface area contributed by atoms with Gasteiger partial charge in [0.25, 0.3) is 0 Å². The SMILES string of the molecule is CCS(=O)CCn1cncc1CNCC(C)C. The van der Waals surface area contributed by atoms with Crippen LogP contribution in [0.4, 0.5) is 0 Å². The van der Waals surface area contributed by atoms with Gasteiger partial charge in [-0.05, 0) is 12.5 Å². The Labute approximate surface area is 106 Å². The summed E-state index contributed by atoms with van der Waals surface area (Å²) in [6.45, 7) is 8.96. The molecular formula is C12H23N3OS. The average molecular weight is 257 g/mol. The zero-order valence-electron chi connectivity index (χ0n) is 11.0. The lowest BCUT2D eigenvalue weighted by Crippen LogP contribution is -2.21. The molecule has 0 fully saturated rings. The molecule has 0 amide bonds. The van der Waals surface area contributed by atoms with Crippen molar-refractivity contribution in [3.8, 4) is 0 Å². The van der Waals surface area contributed by atoms with Crippen LogP contribution < -0.4 is 5.32 Å². The van der Waals surface area contributed by atoms with Crippen LogP contribution in [-0.4, -0.2) is 31.8 Å². The molecule has 4 nitrogen and oxygen atoms in total. The van der Waals surface area contributed by atoms with Crippen LogP contribution in [0.5, 0.6) is 0 Å². The summed E-state index contributed by atoms with van der Waals surface area (Å²) < 4.78 is 13.5. The largest absolute Gasteiger partial charge is 0.332 e. The molecule has 1 heterocycles. The fraction of sp³-hybridized carbons (Fsp3) is 0.750. The van der Waals surface area contributed by atoms with E-state index in [1.807, 2.05) is 19.4 Å². The van der Waals surface area contributed by atoms with Crippen molar-refractivity contribution in [3.05, 3.63) is 18.2 Å². The highest BCUT2D eigenvalue weighted by Crippen LogP contribution is 2.00. The molecule has 0 aliphatic rings. The van der Waals surface area contributed by atoms with Gasteiger partial charge in [-0.3, -0.25) is 4.21 Å². The van der Waals surface area contributed by atoms with E-state index in [0.29, 0.717) is 11.7 Å². The van der Waals surface area contributed by atoms with Gasteiger partial charge < -0.3 is 9.88 Å². The molecular weight excluding hydrogens is 234 g/mol. The van der Waals surface area contributed by atoms with E-state index in [-0.39, 0.29) is 0 Å². The Morgan fingerprint density at radius 2 is 2.29 bits per heavy atom. The Kier molecular flexibility index (Phi) is 6.44. The van der Waals surface area contributed by atoms with Crippen molar-refractivity contribution in [2.75, 3.05) is 18.1 Å². The van der Waals surface area contributed by atoms with Crippen LogP contribution in [-0.2, 0) is 23.9 Å². The summed E-state index contributed by atoms with van der Waals surface area (Å²) in [5.74, 6) is 2.10. The summed E-state index contributed by atoms with van der Waals surface area (Å²) in [4.78, 5) is 4.15. The molecule has 1 rings (SSSR count). The van der Waals surface area contributed by atoms with Crippen LogP contribution in [0.3, 0.4) is 0 Å². The maximum atomic E-state index is 11.4. The number of nitrogens with one attached hydrogen (secondary N) is 1. The number of nitrogens with zero attached hydrogens (tertiary/aromatic N) is 2. The number of rotatable bonds is 8. The van der Waals surface area contributed by atoms with Gasteiger partial charge in [-0.15, -0.1) is 0 Å². The molecule has 17 heavy (non-hydrogen) atoms. The molecule has 5 heteroatoms. The molecule has 1 aromatic rings. The van der Waals surface area contributed by atoms with Crippen molar-refractivity contribution < 1.29 is 4.21 Å². The van der Waals surface area contributed by atoms with E-state index in [9.17, 15) is 4.21 Å². The number of imidazole rings is 1. The first-order valence-electron chi connectivity index (χ1n) is 6.18. The fourth-order valence-electron chi connectivity index (χ4n) is 1.53. The Morgan fingerprint density at radius 1 is 1.53 bits per heavy atom. The van der Waals surface area contributed by atoms with Gasteiger partial charge in [0.15, 0.2) is 0 Å². The van der Waals surface area contributed by atoms with E-state index < -0.39 is 10.8 Å². The van der Waals surface area contributed by atoms with Gasteiger partial charge in [-0.25, -0.2) is 4.98 Å². The predicted octanol–water partition coefficient (Wildman–Crippen LogP) is 1.40. The summed E-state index contributed by atoms with van der Waals surface area (Å²) in [5, 5.41) is 3.39. The van der Waals surface area contributed by atoms with Gasteiger partial charge in [0.2, 0.25) is 0 Å². The van der Waals surface area contributed by atoms with Crippen molar-refractivity contribution >= 4 is 10.8 Å². The van der Waals surface area contributed by atoms with Gasteiger partial charge >= 0.3 is 0 Å². The lowest BCUT2D eigenvalue weighted by Gasteiger charge is -2.10. The van der Waals surface area contributed by atoms with Crippen LogP contribution in [0, 0.1) is 5.92 Å². The Balaban J connectivity index is 2.40. The topological polar surface area (TPSA) is 46.9 Å². The van der Waals surface area contributed by atoms with Crippen LogP contribution in [0.25, 0.3) is 0 Å². The molecule has 0 saturated heterocycles. The monoisotopic (exact) mass is 257 g/mol. The van der Waals surface area contributed by atoms with Crippen molar-refractivity contribution in [1.29, 1.82) is 0 Å². The van der Waals surface area contributed by atoms with E-state index in [1.165, 1.54) is 5.69 Å². The predicted molar refractivity (Wildman–Crippen MR) is 72.3 cm³/mol. The molecule has 0 aliphatic carbocycles. The van der Waals surface area contributed by atoms with E-state index in [1.54, 1.807) is 0 Å². The molecule has 0 aromatic carbocycles. The van der Waals surface area contributed by atoms with E-state index >= 15 is 0 Å². The summed E-state index contributed by atoms with van der Waals surface area (Å²) in [7, 11) is -0.702. The lowest BCUT2D eigenvalue weighted by molar-refractivity contribution is 0.537. The van der Waals surface area contributed by atoms with Gasteiger partial charge in [-0.2, -0.15) is 0 Å². The highest BCUT2D eigenvalue weighted by Gasteiger charge is 2.03. The summed E-state index contributed by atoms with van der Waals surface area (Å²) >= 11 is 0. The maximum absolute atomic E-state index is 11.4. The van der Waals surface area contributed by atoms with Crippen LogP contribution in [0.1, 0.15) is 26.5 Å². The standard InChI is InChI=1S/C12H23N3OS/c1-4-17(16)6-5-15-10-14-9-12(15)8-13-7-11(2)3/h9-11,13H,4-8H2,1-3H3. The number of hydrogen-bond donors (Lipinski definition) is 1. The van der Waals surface area contributed by atoms with Crippen molar-refractivity contribution in [1.82, 2.24) is 14.9 Å². The minimum absolute atomic E-state index is 0.652. The maximum Gasteiger partial charge on any atom is 0.0948 e. The third-order valence-electron chi connectivity index (χ3n) is 2.54. The first-order chi connectivity index (χ1) is 8.13. The fourth-order valence-corrected chi connectivity index (χ4v) is 2.22. The number of hydrogen-bond acceptors (Lipinski definition) is 3. The molecule has 0 radical (unpaired) electrons. The summed E-state index contributed by atoms with van der Waals surface area (Å²) in [6, 6.07) is 0. The summed E-state index contributed by atoms with van der Waals surface area (Å²) in [5.41, 5.74) is 1.17. The first-order valence-corrected chi connectivity index (χ1v) is 7.67. The van der Waals surface area contributed by atoms with Crippen LogP contribution >= 0.6 is 0 Å². The highest BCUT2D eigenvalue weighted by atomic mass is 32.2. The molecule has 0 aliphatic heterocycles. The van der Waals surface area contributed by atoms with Crippen LogP contribution in [0.15, 0.2) is 12.5 Å². The Bertz CT molecular complexity index is 349. The molecule has 1 unspecified atom stereocenters. The lowest BCUT2D eigenvalue weighted by atomic mass is 10.2. The third-order valence-corrected chi connectivity index (χ3v) is 3.82. The zero-order chi connectivity index (χ0) is 12.7. The number of aromatic nitrogens is 2. The smallest absolute Gasteiger partial charge is 0.0948 e. The van der Waals surface area contributed by atoms with Gasteiger partial charge in [0, 0.05) is 41.6 Å². The molecule has 0 saturated carbocycles. The van der Waals surface area contributed by atoms with E-state index in [2.05, 4.69) is 28.7 Å². The zero-order valence-corrected chi connectivity index (χ0v) is 11.8. The molecule has 0 bridgehead atoms. The van der Waals surface area contributed by atoms with Gasteiger partial charge in [0.1, 0.15) is 0 Å². The summed E-state index contributed by atoms with van der Waals surface area (Å²) in [6.07, 6.45) is 3.70. The van der Waals surface area contributed by atoms with Crippen molar-refractivity contribution in [2.45, 2.75) is 33.9 Å². The van der Waals surface area contributed by atoms with Crippen LogP contribution in [0.2, 0.25) is 0 Å². The molecule has 1 N–H and O–H groups in total. The second-order valence-electron chi connectivity index (χ2n) is 4.54. The third kappa shape index (κ3) is 5.46. The Hall–Kier alpha value is -0.680. The van der Waals surface area contributed by atoms with E-state index in [0.717, 1.165) is 25.4 Å².